The lowest BCUT2D eigenvalue weighted by Gasteiger charge is -2.60. The fraction of sp³-hybridized carbons (Fsp3) is 0.923. The van der Waals surface area contributed by atoms with Crippen LogP contribution in [0, 0.1) is 0 Å². The van der Waals surface area contributed by atoms with E-state index in [0.29, 0.717) is 19.6 Å². The Hall–Kier alpha value is -1.30. The van der Waals surface area contributed by atoms with Gasteiger partial charge in [0.05, 0.1) is 61.3 Å². The molecule has 0 bridgehead atoms. The van der Waals surface area contributed by atoms with Crippen LogP contribution >= 0.6 is 0 Å². The molecule has 10 heteroatoms. The molecule has 11 atom stereocenters. The second kappa shape index (κ2) is 11.2. The number of rotatable bonds is 6. The molecule has 36 heavy (non-hydrogen) atoms. The zero-order valence-corrected chi connectivity index (χ0v) is 22.1. The summed E-state index contributed by atoms with van der Waals surface area (Å²) in [5, 5.41) is 12.3. The van der Waals surface area contributed by atoms with Gasteiger partial charge in [-0.15, -0.1) is 0 Å². The first-order chi connectivity index (χ1) is 17.4. The number of carbonyl (C=O) groups is 2. The highest BCUT2D eigenvalue weighted by Gasteiger charge is 2.58. The summed E-state index contributed by atoms with van der Waals surface area (Å²) < 4.78 is 19.6. The van der Waals surface area contributed by atoms with Crippen LogP contribution in [0.1, 0.15) is 72.6 Å². The maximum absolute atomic E-state index is 12.4. The van der Waals surface area contributed by atoms with Gasteiger partial charge in [0.1, 0.15) is 0 Å². The number of amides is 2. The zero-order chi connectivity index (χ0) is 25.4. The second-order valence-electron chi connectivity index (χ2n) is 11.1. The van der Waals surface area contributed by atoms with Crippen molar-refractivity contribution in [3.8, 4) is 0 Å². The van der Waals surface area contributed by atoms with Gasteiger partial charge in [-0.25, -0.2) is 0 Å². The molecule has 0 aromatic carbocycles. The van der Waals surface area contributed by atoms with E-state index in [-0.39, 0.29) is 78.6 Å². The van der Waals surface area contributed by atoms with Gasteiger partial charge in [0.25, 0.3) is 0 Å². The molecular weight excluding hydrogens is 464 g/mol. The normalized spacial score (nSPS) is 44.4. The van der Waals surface area contributed by atoms with Crippen molar-refractivity contribution in [2.45, 2.75) is 139 Å². The maximum atomic E-state index is 12.4. The van der Waals surface area contributed by atoms with Gasteiger partial charge in [-0.3, -0.25) is 14.4 Å². The molecule has 0 aromatic heterocycles. The lowest BCUT2D eigenvalue weighted by molar-refractivity contribution is -0.320. The van der Waals surface area contributed by atoms with E-state index in [4.69, 9.17) is 19.0 Å². The number of morpholine rings is 2. The third kappa shape index (κ3) is 5.17. The van der Waals surface area contributed by atoms with E-state index in [2.05, 4.69) is 21.0 Å². The number of hydrogen-bond acceptors (Lipinski definition) is 8. The Morgan fingerprint density at radius 1 is 0.917 bits per heavy atom. The molecule has 2 aliphatic heterocycles. The lowest BCUT2D eigenvalue weighted by atomic mass is 9.75. The number of nitrogens with zero attached hydrogens (tertiary/aromatic N) is 1. The van der Waals surface area contributed by atoms with Crippen LogP contribution in [0.2, 0.25) is 0 Å². The van der Waals surface area contributed by atoms with E-state index in [0.717, 1.165) is 25.7 Å². The van der Waals surface area contributed by atoms with Gasteiger partial charge < -0.3 is 30.2 Å². The Morgan fingerprint density at radius 2 is 1.69 bits per heavy atom. The predicted octanol–water partition coefficient (Wildman–Crippen LogP) is 1.02. The van der Waals surface area contributed by atoms with Crippen LogP contribution in [-0.2, 0) is 28.6 Å². The molecule has 10 nitrogen and oxygen atoms in total. The fourth-order valence-corrected chi connectivity index (χ4v) is 7.45. The predicted molar refractivity (Wildman–Crippen MR) is 132 cm³/mol. The molecule has 2 saturated heterocycles. The molecule has 2 amide bonds. The highest BCUT2D eigenvalue weighted by Crippen LogP contribution is 2.42. The summed E-state index contributed by atoms with van der Waals surface area (Å²) in [4.78, 5) is 30.6. The molecule has 5 aliphatic rings. The Morgan fingerprint density at radius 3 is 2.42 bits per heavy atom. The Labute approximate surface area is 214 Å². The van der Waals surface area contributed by atoms with E-state index in [1.165, 1.54) is 12.8 Å². The SMILES string of the molecule is CCOC1CC2OC3C(CC4OC5CCCCC5N(OCC)C4C3NC(C)=O)NC2CC1NC(C)=O. The van der Waals surface area contributed by atoms with E-state index >= 15 is 0 Å². The highest BCUT2D eigenvalue weighted by molar-refractivity contribution is 5.73. The molecule has 11 unspecified atom stereocenters. The lowest BCUT2D eigenvalue weighted by Crippen LogP contribution is -2.78. The highest BCUT2D eigenvalue weighted by atomic mass is 16.7. The number of ether oxygens (including phenoxy) is 3. The molecule has 3 saturated carbocycles. The van der Waals surface area contributed by atoms with Gasteiger partial charge in [-0.1, -0.05) is 12.8 Å². The van der Waals surface area contributed by atoms with E-state index < -0.39 is 0 Å². The molecule has 0 radical (unpaired) electrons. The Balaban J connectivity index is 1.40. The van der Waals surface area contributed by atoms with Crippen LogP contribution in [0.25, 0.3) is 0 Å². The average Bonchev–Trinajstić information content (AvgIpc) is 2.83. The van der Waals surface area contributed by atoms with Crippen molar-refractivity contribution in [3.63, 3.8) is 0 Å². The third-order valence-corrected chi connectivity index (χ3v) is 8.67. The molecule has 0 spiro atoms. The second-order valence-corrected chi connectivity index (χ2v) is 11.1. The molecule has 5 rings (SSSR count). The number of nitrogens with one attached hydrogen (secondary N) is 3. The average molecular weight is 509 g/mol. The molecule has 3 N–H and O–H groups in total. The summed E-state index contributed by atoms with van der Waals surface area (Å²) in [5.41, 5.74) is 0. The molecule has 3 aliphatic carbocycles. The Bertz CT molecular complexity index is 800. The minimum absolute atomic E-state index is 0.0367. The summed E-state index contributed by atoms with van der Waals surface area (Å²) in [5.74, 6) is -0.119. The van der Waals surface area contributed by atoms with E-state index in [1.807, 2.05) is 13.8 Å². The van der Waals surface area contributed by atoms with Crippen molar-refractivity contribution in [3.05, 3.63) is 0 Å². The van der Waals surface area contributed by atoms with Gasteiger partial charge in [-0.05, 0) is 39.5 Å². The standard InChI is InChI=1S/C26H44N4O6/c1-5-33-21-13-22-17(11-16(21)27-14(3)31)29-18-12-23-25(24(26(18)36-22)28-15(4)32)30(34-6-2)19-9-7-8-10-20(19)35-23/h16-26,29H,5-13H2,1-4H3,(H,27,31)(H,28,32). The van der Waals surface area contributed by atoms with Crippen LogP contribution in [0.3, 0.4) is 0 Å². The largest absolute Gasteiger partial charge is 0.376 e. The van der Waals surface area contributed by atoms with Crippen LogP contribution in [0.5, 0.6) is 0 Å². The van der Waals surface area contributed by atoms with Crippen molar-refractivity contribution in [2.75, 3.05) is 13.2 Å². The van der Waals surface area contributed by atoms with Gasteiger partial charge in [0, 0.05) is 39.0 Å². The van der Waals surface area contributed by atoms with Gasteiger partial charge in [-0.2, -0.15) is 5.06 Å². The summed E-state index contributed by atoms with van der Waals surface area (Å²) in [6, 6.07) is -0.0782. The first kappa shape index (κ1) is 26.3. The van der Waals surface area contributed by atoms with Gasteiger partial charge in [0.15, 0.2) is 0 Å². The Kier molecular flexibility index (Phi) is 8.19. The molecule has 0 aromatic rings. The van der Waals surface area contributed by atoms with Gasteiger partial charge >= 0.3 is 0 Å². The minimum Gasteiger partial charge on any atom is -0.376 e. The summed E-state index contributed by atoms with van der Waals surface area (Å²) in [6.45, 7) is 8.28. The number of hydroxylamine groups is 2. The van der Waals surface area contributed by atoms with Crippen molar-refractivity contribution >= 4 is 11.8 Å². The summed E-state index contributed by atoms with van der Waals surface area (Å²) >= 11 is 0. The first-order valence-electron chi connectivity index (χ1n) is 14.0. The van der Waals surface area contributed by atoms with E-state index in [1.54, 1.807) is 13.8 Å². The first-order valence-corrected chi connectivity index (χ1v) is 14.0. The molecule has 204 valence electrons. The number of fused-ring (bicyclic) bond motifs is 4. The summed E-state index contributed by atoms with van der Waals surface area (Å²) in [6.07, 6.45) is 6.38. The van der Waals surface area contributed by atoms with Gasteiger partial charge in [0.2, 0.25) is 11.8 Å². The molecule has 2 heterocycles. The van der Waals surface area contributed by atoms with Crippen LogP contribution in [-0.4, -0.2) is 96.9 Å². The van der Waals surface area contributed by atoms with Crippen molar-refractivity contribution in [2.24, 2.45) is 0 Å². The monoisotopic (exact) mass is 508 g/mol. The van der Waals surface area contributed by atoms with Crippen LogP contribution in [0.4, 0.5) is 0 Å². The quantitative estimate of drug-likeness (QED) is 0.488. The zero-order valence-electron chi connectivity index (χ0n) is 22.1. The van der Waals surface area contributed by atoms with E-state index in [9.17, 15) is 9.59 Å². The molecular formula is C26H44N4O6. The fourth-order valence-electron chi connectivity index (χ4n) is 7.45. The number of hydrogen-bond donors (Lipinski definition) is 3. The van der Waals surface area contributed by atoms with Crippen molar-refractivity contribution in [1.82, 2.24) is 21.0 Å². The van der Waals surface area contributed by atoms with Crippen molar-refractivity contribution in [1.29, 1.82) is 0 Å². The maximum Gasteiger partial charge on any atom is 0.217 e. The minimum atomic E-state index is -0.257. The summed E-state index contributed by atoms with van der Waals surface area (Å²) in [7, 11) is 0. The topological polar surface area (TPSA) is 110 Å². The smallest absolute Gasteiger partial charge is 0.217 e. The van der Waals surface area contributed by atoms with Crippen LogP contribution in [0.15, 0.2) is 0 Å². The number of carbonyl (C=O) groups excluding carboxylic acids is 2. The molecule has 5 fully saturated rings. The van der Waals surface area contributed by atoms with Crippen LogP contribution < -0.4 is 16.0 Å². The van der Waals surface area contributed by atoms with Crippen molar-refractivity contribution < 1.29 is 28.6 Å². The third-order valence-electron chi connectivity index (χ3n) is 8.67.